The van der Waals surface area contributed by atoms with Crippen molar-refractivity contribution in [2.24, 2.45) is 0 Å². The first-order valence-electron chi connectivity index (χ1n) is 5.52. The van der Waals surface area contributed by atoms with Gasteiger partial charge in [-0.15, -0.1) is 0 Å². The van der Waals surface area contributed by atoms with E-state index in [9.17, 15) is 0 Å². The van der Waals surface area contributed by atoms with E-state index in [1.807, 2.05) is 30.3 Å². The summed E-state index contributed by atoms with van der Waals surface area (Å²) in [4.78, 5) is 11.4. The van der Waals surface area contributed by atoms with Gasteiger partial charge in [-0.1, -0.05) is 6.07 Å². The molecule has 3 aromatic rings. The van der Waals surface area contributed by atoms with E-state index in [0.29, 0.717) is 11.8 Å². The van der Waals surface area contributed by atoms with Gasteiger partial charge in [-0.05, 0) is 23.8 Å². The van der Waals surface area contributed by atoms with Crippen LogP contribution < -0.4 is 10.5 Å². The molecule has 0 aliphatic heterocycles. The number of anilines is 1. The van der Waals surface area contributed by atoms with E-state index in [1.165, 1.54) is 0 Å². The second kappa shape index (κ2) is 4.03. The van der Waals surface area contributed by atoms with E-state index in [4.69, 9.17) is 10.5 Å². The second-order valence-electron chi connectivity index (χ2n) is 3.94. The van der Waals surface area contributed by atoms with Crippen molar-refractivity contribution < 1.29 is 4.74 Å². The van der Waals surface area contributed by atoms with Crippen molar-refractivity contribution in [3.8, 4) is 17.0 Å². The Bertz CT molecular complexity index is 688. The molecule has 3 N–H and O–H groups in total. The molecular formula is C13H12N4O. The van der Waals surface area contributed by atoms with E-state index >= 15 is 0 Å². The van der Waals surface area contributed by atoms with Crippen LogP contribution in [0.4, 0.5) is 5.95 Å². The molecule has 5 heteroatoms. The number of nitrogens with zero attached hydrogens (tertiary/aromatic N) is 2. The first-order valence-corrected chi connectivity index (χ1v) is 5.52. The number of fused-ring (bicyclic) bond motifs is 1. The molecular weight excluding hydrogens is 228 g/mol. The van der Waals surface area contributed by atoms with Crippen molar-refractivity contribution in [2.75, 3.05) is 12.8 Å². The molecule has 0 unspecified atom stereocenters. The van der Waals surface area contributed by atoms with Crippen molar-refractivity contribution in [1.29, 1.82) is 0 Å². The minimum atomic E-state index is 0.426. The number of aromatic nitrogens is 3. The molecule has 2 aromatic heterocycles. The topological polar surface area (TPSA) is 76.8 Å². The van der Waals surface area contributed by atoms with Crippen LogP contribution in [0.3, 0.4) is 0 Å². The molecule has 0 aliphatic carbocycles. The summed E-state index contributed by atoms with van der Waals surface area (Å²) < 4.78 is 5.03. The summed E-state index contributed by atoms with van der Waals surface area (Å²) in [5, 5.41) is 0. The largest absolute Gasteiger partial charge is 0.481 e. The van der Waals surface area contributed by atoms with Crippen LogP contribution in [0.25, 0.3) is 22.2 Å². The molecule has 0 atom stereocenters. The van der Waals surface area contributed by atoms with Crippen LogP contribution in [-0.2, 0) is 0 Å². The molecule has 0 radical (unpaired) electrons. The smallest absolute Gasteiger partial charge is 0.212 e. The third-order valence-corrected chi connectivity index (χ3v) is 2.78. The van der Waals surface area contributed by atoms with Gasteiger partial charge in [-0.2, -0.15) is 0 Å². The van der Waals surface area contributed by atoms with Crippen molar-refractivity contribution in [1.82, 2.24) is 15.0 Å². The number of pyridine rings is 1. The lowest BCUT2D eigenvalue weighted by Crippen LogP contribution is -1.87. The molecule has 0 saturated carbocycles. The van der Waals surface area contributed by atoms with Crippen LogP contribution in [0.15, 0.2) is 36.5 Å². The Hall–Kier alpha value is -2.56. The number of hydrogen-bond donors (Lipinski definition) is 2. The number of nitrogens with one attached hydrogen (secondary N) is 1. The highest BCUT2D eigenvalue weighted by atomic mass is 16.5. The fourth-order valence-electron chi connectivity index (χ4n) is 1.88. The molecule has 90 valence electrons. The Balaban J connectivity index is 2.06. The highest BCUT2D eigenvalue weighted by Crippen LogP contribution is 2.24. The molecule has 0 bridgehead atoms. The number of nitrogens with two attached hydrogens (primary N) is 1. The Morgan fingerprint density at radius 1 is 1.17 bits per heavy atom. The van der Waals surface area contributed by atoms with Gasteiger partial charge in [0.25, 0.3) is 0 Å². The number of imidazole rings is 1. The number of nitrogen functional groups attached to an aromatic ring is 1. The first-order chi connectivity index (χ1) is 8.76. The maximum absolute atomic E-state index is 5.62. The van der Waals surface area contributed by atoms with Crippen molar-refractivity contribution in [3.05, 3.63) is 36.5 Å². The van der Waals surface area contributed by atoms with Gasteiger partial charge in [-0.25, -0.2) is 9.97 Å². The van der Waals surface area contributed by atoms with E-state index < -0.39 is 0 Å². The zero-order valence-corrected chi connectivity index (χ0v) is 9.84. The van der Waals surface area contributed by atoms with Crippen LogP contribution >= 0.6 is 0 Å². The molecule has 2 heterocycles. The fraction of sp³-hybridized carbons (Fsp3) is 0.0769. The molecule has 1 aromatic carbocycles. The minimum Gasteiger partial charge on any atom is -0.481 e. The number of ether oxygens (including phenoxy) is 1. The molecule has 3 rings (SSSR count). The Kier molecular flexibility index (Phi) is 2.37. The highest BCUT2D eigenvalue weighted by Gasteiger charge is 2.04. The molecule has 0 spiro atoms. The Morgan fingerprint density at radius 3 is 2.72 bits per heavy atom. The first kappa shape index (κ1) is 10.6. The number of aromatic amines is 1. The van der Waals surface area contributed by atoms with E-state index in [2.05, 4.69) is 15.0 Å². The van der Waals surface area contributed by atoms with Crippen LogP contribution in [0.5, 0.6) is 5.88 Å². The molecule has 0 fully saturated rings. The standard InChI is InChI=1S/C13H12N4O/c1-18-12-5-3-9(7-15-12)8-2-4-10-11(6-8)17-13(14)16-10/h2-7H,1H3,(H3,14,16,17). The van der Waals surface area contributed by atoms with Crippen LogP contribution in [-0.4, -0.2) is 22.1 Å². The number of benzene rings is 1. The lowest BCUT2D eigenvalue weighted by molar-refractivity contribution is 0.398. The number of rotatable bonds is 2. The SMILES string of the molecule is COc1ccc(-c2ccc3[nH]c(N)nc3c2)cn1. The lowest BCUT2D eigenvalue weighted by atomic mass is 10.1. The van der Waals surface area contributed by atoms with E-state index in [-0.39, 0.29) is 0 Å². The summed E-state index contributed by atoms with van der Waals surface area (Å²) in [6, 6.07) is 9.73. The van der Waals surface area contributed by atoms with E-state index in [1.54, 1.807) is 13.3 Å². The van der Waals surface area contributed by atoms with Gasteiger partial charge >= 0.3 is 0 Å². The van der Waals surface area contributed by atoms with Gasteiger partial charge in [-0.3, -0.25) is 0 Å². The summed E-state index contributed by atoms with van der Waals surface area (Å²) in [7, 11) is 1.60. The number of methoxy groups -OCH3 is 1. The van der Waals surface area contributed by atoms with Gasteiger partial charge in [0.1, 0.15) is 0 Å². The van der Waals surface area contributed by atoms with Gasteiger partial charge < -0.3 is 15.5 Å². The molecule has 5 nitrogen and oxygen atoms in total. The van der Waals surface area contributed by atoms with Crippen molar-refractivity contribution in [2.45, 2.75) is 0 Å². The third-order valence-electron chi connectivity index (χ3n) is 2.78. The average Bonchev–Trinajstić information content (AvgIpc) is 2.78. The maximum Gasteiger partial charge on any atom is 0.212 e. The van der Waals surface area contributed by atoms with Crippen LogP contribution in [0, 0.1) is 0 Å². The van der Waals surface area contributed by atoms with Gasteiger partial charge in [0.2, 0.25) is 5.88 Å². The van der Waals surface area contributed by atoms with Crippen molar-refractivity contribution in [3.63, 3.8) is 0 Å². The molecule has 0 saturated heterocycles. The zero-order valence-electron chi connectivity index (χ0n) is 9.84. The predicted octanol–water partition coefficient (Wildman–Crippen LogP) is 2.22. The zero-order chi connectivity index (χ0) is 12.5. The lowest BCUT2D eigenvalue weighted by Gasteiger charge is -2.02. The maximum atomic E-state index is 5.62. The fourth-order valence-corrected chi connectivity index (χ4v) is 1.88. The van der Waals surface area contributed by atoms with E-state index in [0.717, 1.165) is 22.2 Å². The van der Waals surface area contributed by atoms with Crippen LogP contribution in [0.1, 0.15) is 0 Å². The highest BCUT2D eigenvalue weighted by molar-refractivity contribution is 5.83. The minimum absolute atomic E-state index is 0.426. The Morgan fingerprint density at radius 2 is 2.00 bits per heavy atom. The monoisotopic (exact) mass is 240 g/mol. The average molecular weight is 240 g/mol. The number of H-pyrrole nitrogens is 1. The van der Waals surface area contributed by atoms with Gasteiger partial charge in [0.05, 0.1) is 18.1 Å². The molecule has 0 amide bonds. The number of hydrogen-bond acceptors (Lipinski definition) is 4. The van der Waals surface area contributed by atoms with Gasteiger partial charge in [0, 0.05) is 17.8 Å². The normalized spacial score (nSPS) is 10.7. The summed E-state index contributed by atoms with van der Waals surface area (Å²) in [6.45, 7) is 0. The van der Waals surface area contributed by atoms with Gasteiger partial charge in [0.15, 0.2) is 5.95 Å². The quantitative estimate of drug-likeness (QED) is 0.720. The third kappa shape index (κ3) is 1.75. The predicted molar refractivity (Wildman–Crippen MR) is 70.3 cm³/mol. The summed E-state index contributed by atoms with van der Waals surface area (Å²) in [5.74, 6) is 1.03. The van der Waals surface area contributed by atoms with Crippen molar-refractivity contribution >= 4 is 17.0 Å². The molecule has 18 heavy (non-hydrogen) atoms. The second-order valence-corrected chi connectivity index (χ2v) is 3.94. The summed E-state index contributed by atoms with van der Waals surface area (Å²) in [6.07, 6.45) is 1.77. The summed E-state index contributed by atoms with van der Waals surface area (Å²) in [5.41, 5.74) is 9.46. The van der Waals surface area contributed by atoms with Crippen LogP contribution in [0.2, 0.25) is 0 Å². The summed E-state index contributed by atoms with van der Waals surface area (Å²) >= 11 is 0. The Labute approximate surface area is 104 Å². The molecule has 0 aliphatic rings.